The Morgan fingerprint density at radius 3 is 2.53 bits per heavy atom. The molecule has 1 heterocycles. The van der Waals surface area contributed by atoms with Crippen molar-refractivity contribution >= 4 is 23.4 Å². The lowest BCUT2D eigenvalue weighted by atomic mass is 10.1. The molecular weight excluding hydrogens is 262 g/mol. The zero-order valence-corrected chi connectivity index (χ0v) is 11.4. The third-order valence-corrected chi connectivity index (χ3v) is 3.04. The van der Waals surface area contributed by atoms with Gasteiger partial charge < -0.3 is 5.32 Å². The number of aryl methyl sites for hydroxylation is 1. The molecular formula is C13H16ClN5. The zero-order chi connectivity index (χ0) is 13.7. The van der Waals surface area contributed by atoms with Gasteiger partial charge in [0.15, 0.2) is 5.82 Å². The lowest BCUT2D eigenvalue weighted by Gasteiger charge is -2.09. The van der Waals surface area contributed by atoms with Gasteiger partial charge in [-0.3, -0.25) is 5.43 Å². The number of halogens is 1. The molecule has 0 aliphatic carbocycles. The molecule has 100 valence electrons. The van der Waals surface area contributed by atoms with Crippen molar-refractivity contribution in [3.63, 3.8) is 0 Å². The van der Waals surface area contributed by atoms with Crippen molar-refractivity contribution < 1.29 is 0 Å². The number of nitrogens with zero attached hydrogens (tertiary/aromatic N) is 2. The van der Waals surface area contributed by atoms with E-state index in [1.54, 1.807) is 0 Å². The van der Waals surface area contributed by atoms with E-state index in [1.165, 1.54) is 11.8 Å². The molecule has 2 rings (SSSR count). The molecule has 1 aromatic carbocycles. The molecule has 0 bridgehead atoms. The maximum Gasteiger partial charge on any atom is 0.239 e. The molecule has 6 heteroatoms. The fraction of sp³-hybridized carbons (Fsp3) is 0.231. The van der Waals surface area contributed by atoms with Gasteiger partial charge >= 0.3 is 0 Å². The summed E-state index contributed by atoms with van der Waals surface area (Å²) in [5.41, 5.74) is 4.87. The summed E-state index contributed by atoms with van der Waals surface area (Å²) in [4.78, 5) is 8.07. The summed E-state index contributed by atoms with van der Waals surface area (Å²) in [5, 5.41) is 3.63. The van der Waals surface area contributed by atoms with Crippen molar-refractivity contribution in [1.29, 1.82) is 0 Å². The van der Waals surface area contributed by atoms with Gasteiger partial charge in [-0.15, -0.1) is 0 Å². The van der Waals surface area contributed by atoms with Gasteiger partial charge in [0.2, 0.25) is 5.95 Å². The fourth-order valence-electron chi connectivity index (χ4n) is 1.64. The molecule has 0 spiro atoms. The quantitative estimate of drug-likeness (QED) is 0.578. The first-order valence-electron chi connectivity index (χ1n) is 6.03. The van der Waals surface area contributed by atoms with Gasteiger partial charge in [-0.1, -0.05) is 42.8 Å². The molecule has 0 amide bonds. The van der Waals surface area contributed by atoms with Crippen LogP contribution in [0.3, 0.4) is 0 Å². The van der Waals surface area contributed by atoms with Gasteiger partial charge in [-0.05, 0) is 17.5 Å². The van der Waals surface area contributed by atoms with Crippen LogP contribution in [0.1, 0.15) is 18.1 Å². The van der Waals surface area contributed by atoms with E-state index in [2.05, 4.69) is 51.9 Å². The average molecular weight is 278 g/mol. The number of nitrogens with two attached hydrogens (primary N) is 1. The van der Waals surface area contributed by atoms with Crippen molar-refractivity contribution in [3.8, 4) is 0 Å². The summed E-state index contributed by atoms with van der Waals surface area (Å²) in [6.45, 7) is 2.78. The molecule has 1 aromatic heterocycles. The minimum atomic E-state index is 0.327. The minimum absolute atomic E-state index is 0.327. The van der Waals surface area contributed by atoms with Crippen LogP contribution < -0.4 is 16.6 Å². The second-order valence-corrected chi connectivity index (χ2v) is 4.47. The molecule has 5 nitrogen and oxygen atoms in total. The maximum absolute atomic E-state index is 6.01. The van der Waals surface area contributed by atoms with E-state index in [4.69, 9.17) is 17.4 Å². The van der Waals surface area contributed by atoms with Gasteiger partial charge in [-0.25, -0.2) is 10.8 Å². The molecule has 0 radical (unpaired) electrons. The SMILES string of the molecule is CCc1ccc(CNc2nc(NN)ncc2Cl)cc1. The number of benzene rings is 1. The first-order valence-corrected chi connectivity index (χ1v) is 6.41. The van der Waals surface area contributed by atoms with Crippen LogP contribution >= 0.6 is 11.6 Å². The summed E-state index contributed by atoms with van der Waals surface area (Å²) in [5.74, 6) is 6.15. The van der Waals surface area contributed by atoms with Crippen molar-refractivity contribution in [2.45, 2.75) is 19.9 Å². The van der Waals surface area contributed by atoms with E-state index in [-0.39, 0.29) is 0 Å². The third-order valence-electron chi connectivity index (χ3n) is 2.76. The Hall–Kier alpha value is -1.85. The van der Waals surface area contributed by atoms with Gasteiger partial charge in [0.1, 0.15) is 5.02 Å². The van der Waals surface area contributed by atoms with Crippen LogP contribution in [0.5, 0.6) is 0 Å². The first-order chi connectivity index (χ1) is 9.22. The Bertz CT molecular complexity index is 541. The third kappa shape index (κ3) is 3.56. The monoisotopic (exact) mass is 277 g/mol. The van der Waals surface area contributed by atoms with Crippen LogP contribution in [-0.4, -0.2) is 9.97 Å². The molecule has 4 N–H and O–H groups in total. The van der Waals surface area contributed by atoms with Crippen LogP contribution in [0.4, 0.5) is 11.8 Å². The number of hydrogen-bond donors (Lipinski definition) is 3. The van der Waals surface area contributed by atoms with Gasteiger partial charge in [0, 0.05) is 6.54 Å². The molecule has 0 aliphatic heterocycles. The number of nitrogen functional groups attached to an aromatic ring is 1. The Kier molecular flexibility index (Phi) is 4.54. The Morgan fingerprint density at radius 1 is 1.21 bits per heavy atom. The zero-order valence-electron chi connectivity index (χ0n) is 10.7. The molecule has 19 heavy (non-hydrogen) atoms. The van der Waals surface area contributed by atoms with E-state index in [0.29, 0.717) is 23.3 Å². The first kappa shape index (κ1) is 13.6. The molecule has 0 atom stereocenters. The van der Waals surface area contributed by atoms with Gasteiger partial charge in [0.05, 0.1) is 6.20 Å². The lowest BCUT2D eigenvalue weighted by molar-refractivity contribution is 1.06. The Balaban J connectivity index is 2.05. The highest BCUT2D eigenvalue weighted by Crippen LogP contribution is 2.19. The van der Waals surface area contributed by atoms with Crippen molar-refractivity contribution in [2.24, 2.45) is 5.84 Å². The number of anilines is 2. The standard InChI is InChI=1S/C13H16ClN5/c1-2-9-3-5-10(6-4-9)7-16-12-11(14)8-17-13(18-12)19-15/h3-6,8H,2,7,15H2,1H3,(H2,16,17,18,19). The highest BCUT2D eigenvalue weighted by Gasteiger charge is 2.04. The average Bonchev–Trinajstić information content (AvgIpc) is 2.47. The molecule has 2 aromatic rings. The number of rotatable bonds is 5. The molecule has 0 fully saturated rings. The second-order valence-electron chi connectivity index (χ2n) is 4.06. The van der Waals surface area contributed by atoms with E-state index in [9.17, 15) is 0 Å². The van der Waals surface area contributed by atoms with Crippen molar-refractivity contribution in [1.82, 2.24) is 9.97 Å². The molecule has 0 saturated heterocycles. The largest absolute Gasteiger partial charge is 0.365 e. The topological polar surface area (TPSA) is 75.9 Å². The second kappa shape index (κ2) is 6.36. The highest BCUT2D eigenvalue weighted by atomic mass is 35.5. The molecule has 0 saturated carbocycles. The Labute approximate surface area is 117 Å². The normalized spacial score (nSPS) is 10.3. The minimum Gasteiger partial charge on any atom is -0.365 e. The number of hydrazine groups is 1. The van der Waals surface area contributed by atoms with E-state index in [1.807, 2.05) is 0 Å². The predicted molar refractivity (Wildman–Crippen MR) is 78.0 cm³/mol. The lowest BCUT2D eigenvalue weighted by Crippen LogP contribution is -2.12. The van der Waals surface area contributed by atoms with Crippen molar-refractivity contribution in [2.75, 3.05) is 10.7 Å². The summed E-state index contributed by atoms with van der Waals surface area (Å²) in [6, 6.07) is 8.41. The van der Waals surface area contributed by atoms with Gasteiger partial charge in [-0.2, -0.15) is 4.98 Å². The summed E-state index contributed by atoms with van der Waals surface area (Å²) in [7, 11) is 0. The van der Waals surface area contributed by atoms with Crippen LogP contribution in [0.2, 0.25) is 5.02 Å². The summed E-state index contributed by atoms with van der Waals surface area (Å²) < 4.78 is 0. The van der Waals surface area contributed by atoms with Crippen LogP contribution in [-0.2, 0) is 13.0 Å². The molecule has 0 aliphatic rings. The smallest absolute Gasteiger partial charge is 0.239 e. The number of nitrogens with one attached hydrogen (secondary N) is 2. The fourth-order valence-corrected chi connectivity index (χ4v) is 1.80. The van der Waals surface area contributed by atoms with E-state index < -0.39 is 0 Å². The molecule has 0 unspecified atom stereocenters. The van der Waals surface area contributed by atoms with Crippen LogP contribution in [0, 0.1) is 0 Å². The van der Waals surface area contributed by atoms with Gasteiger partial charge in [0.25, 0.3) is 0 Å². The van der Waals surface area contributed by atoms with Crippen LogP contribution in [0.15, 0.2) is 30.5 Å². The van der Waals surface area contributed by atoms with Crippen LogP contribution in [0.25, 0.3) is 0 Å². The highest BCUT2D eigenvalue weighted by molar-refractivity contribution is 6.32. The maximum atomic E-state index is 6.01. The van der Waals surface area contributed by atoms with E-state index >= 15 is 0 Å². The van der Waals surface area contributed by atoms with E-state index in [0.717, 1.165) is 12.0 Å². The predicted octanol–water partition coefficient (Wildman–Crippen LogP) is 2.59. The van der Waals surface area contributed by atoms with Crippen molar-refractivity contribution in [3.05, 3.63) is 46.6 Å². The summed E-state index contributed by atoms with van der Waals surface area (Å²) >= 11 is 6.01. The Morgan fingerprint density at radius 2 is 1.89 bits per heavy atom. The summed E-state index contributed by atoms with van der Waals surface area (Å²) in [6.07, 6.45) is 2.54. The number of hydrogen-bond acceptors (Lipinski definition) is 5. The number of aromatic nitrogens is 2.